The molecule has 0 aliphatic carbocycles. The lowest BCUT2D eigenvalue weighted by Crippen LogP contribution is -2.15. The van der Waals surface area contributed by atoms with Gasteiger partial charge in [-0.3, -0.25) is 0 Å². The smallest absolute Gasteiger partial charge is 0.343 e. The number of azo groups is 1. The Morgan fingerprint density at radius 3 is 1.91 bits per heavy atom. The molecule has 0 amide bonds. The number of halogens is 1. The fourth-order valence-corrected chi connectivity index (χ4v) is 4.50. The molecule has 0 aliphatic heterocycles. The molecule has 8 heteroatoms. The fourth-order valence-electron chi connectivity index (χ4n) is 4.50. The van der Waals surface area contributed by atoms with Crippen LogP contribution >= 0.6 is 0 Å². The van der Waals surface area contributed by atoms with E-state index in [0.717, 1.165) is 50.3 Å². The monoisotopic (exact) mass is 604 g/mol. The number of carbonyl (C=O) groups is 2. The first-order valence-electron chi connectivity index (χ1n) is 15.9. The van der Waals surface area contributed by atoms with Gasteiger partial charge in [-0.2, -0.15) is 10.2 Å². The molecule has 0 fully saturated rings. The normalized spacial score (nSPS) is 11.8. The predicted octanol–water partition coefficient (Wildman–Crippen LogP) is 10.7. The van der Waals surface area contributed by atoms with Gasteiger partial charge in [-0.1, -0.05) is 65.2 Å². The molecule has 0 aromatic heterocycles. The fraction of sp³-hybridized carbons (Fsp3) is 0.444. The van der Waals surface area contributed by atoms with Gasteiger partial charge in [0.15, 0.2) is 11.6 Å². The number of benzene rings is 3. The van der Waals surface area contributed by atoms with Crippen molar-refractivity contribution in [3.05, 3.63) is 83.7 Å². The Bertz CT molecular complexity index is 1330. The molecule has 0 aliphatic rings. The van der Waals surface area contributed by atoms with Gasteiger partial charge < -0.3 is 14.2 Å². The van der Waals surface area contributed by atoms with Crippen LogP contribution in [0, 0.1) is 5.82 Å². The van der Waals surface area contributed by atoms with Gasteiger partial charge in [-0.05, 0) is 92.9 Å². The van der Waals surface area contributed by atoms with E-state index in [4.69, 9.17) is 14.2 Å². The molecule has 0 radical (unpaired) electrons. The summed E-state index contributed by atoms with van der Waals surface area (Å²) in [7, 11) is 0. The molecule has 0 unspecified atom stereocenters. The molecule has 0 saturated carbocycles. The summed E-state index contributed by atoms with van der Waals surface area (Å²) in [5.74, 6) is -1.65. The molecule has 0 saturated heterocycles. The Kier molecular flexibility index (Phi) is 15.1. The van der Waals surface area contributed by atoms with Crippen LogP contribution in [-0.2, 0) is 4.74 Å². The van der Waals surface area contributed by atoms with Crippen LogP contribution in [-0.4, -0.2) is 24.6 Å². The third-order valence-corrected chi connectivity index (χ3v) is 7.13. The third kappa shape index (κ3) is 12.3. The van der Waals surface area contributed by atoms with E-state index < -0.39 is 17.8 Å². The van der Waals surface area contributed by atoms with Gasteiger partial charge in [0.1, 0.15) is 5.75 Å². The number of nitrogens with zero attached hydrogens (tertiary/aromatic N) is 2. The first kappa shape index (κ1) is 34.4. The molecule has 0 N–H and O–H groups in total. The molecule has 0 bridgehead atoms. The number of carbonyl (C=O) groups excluding carboxylic acids is 2. The van der Waals surface area contributed by atoms with Crippen LogP contribution in [0.3, 0.4) is 0 Å². The Balaban J connectivity index is 1.45. The van der Waals surface area contributed by atoms with E-state index in [1.807, 2.05) is 31.2 Å². The van der Waals surface area contributed by atoms with Gasteiger partial charge in [0.25, 0.3) is 0 Å². The minimum atomic E-state index is -0.826. The molecule has 3 rings (SSSR count). The van der Waals surface area contributed by atoms with Gasteiger partial charge in [-0.15, -0.1) is 0 Å². The molecule has 3 aromatic carbocycles. The van der Waals surface area contributed by atoms with E-state index in [1.54, 1.807) is 12.1 Å². The maximum absolute atomic E-state index is 14.7. The van der Waals surface area contributed by atoms with Crippen LogP contribution in [0.5, 0.6) is 11.5 Å². The lowest BCUT2D eigenvalue weighted by Gasteiger charge is -2.13. The number of ether oxygens (including phenoxy) is 3. The number of rotatable bonds is 19. The molecule has 0 heterocycles. The summed E-state index contributed by atoms with van der Waals surface area (Å²) in [6.45, 7) is 6.88. The highest BCUT2D eigenvalue weighted by Gasteiger charge is 2.17. The first-order valence-corrected chi connectivity index (χ1v) is 15.9. The molecular weight excluding hydrogens is 559 g/mol. The van der Waals surface area contributed by atoms with Crippen LogP contribution in [0.25, 0.3) is 0 Å². The second-order valence-corrected chi connectivity index (χ2v) is 11.0. The molecular formula is C36H45FN2O5. The zero-order chi connectivity index (χ0) is 31.6. The summed E-state index contributed by atoms with van der Waals surface area (Å²) in [5, 5.41) is 8.45. The number of unbranched alkanes of at least 4 members (excludes halogenated alkanes) is 8. The van der Waals surface area contributed by atoms with Crippen LogP contribution < -0.4 is 9.47 Å². The largest absolute Gasteiger partial charge is 0.494 e. The van der Waals surface area contributed by atoms with Gasteiger partial charge in [0.05, 0.1) is 35.2 Å². The van der Waals surface area contributed by atoms with Crippen molar-refractivity contribution in [2.24, 2.45) is 10.2 Å². The summed E-state index contributed by atoms with van der Waals surface area (Å²) < 4.78 is 31.1. The molecule has 7 nitrogen and oxygen atoms in total. The lowest BCUT2D eigenvalue weighted by atomic mass is 10.1. The van der Waals surface area contributed by atoms with E-state index >= 15 is 0 Å². The Labute approximate surface area is 260 Å². The second kappa shape index (κ2) is 19.3. The van der Waals surface area contributed by atoms with Crippen molar-refractivity contribution >= 4 is 23.3 Å². The molecule has 44 heavy (non-hydrogen) atoms. The maximum atomic E-state index is 14.7. The highest BCUT2D eigenvalue weighted by atomic mass is 19.1. The van der Waals surface area contributed by atoms with E-state index in [-0.39, 0.29) is 23.0 Å². The first-order chi connectivity index (χ1) is 21.4. The maximum Gasteiger partial charge on any atom is 0.343 e. The third-order valence-electron chi connectivity index (χ3n) is 7.13. The van der Waals surface area contributed by atoms with Crippen molar-refractivity contribution in [3.8, 4) is 11.5 Å². The van der Waals surface area contributed by atoms with Gasteiger partial charge in [-0.25, -0.2) is 14.0 Å². The zero-order valence-electron chi connectivity index (χ0n) is 26.2. The van der Waals surface area contributed by atoms with Crippen molar-refractivity contribution in [2.45, 2.75) is 97.5 Å². The van der Waals surface area contributed by atoms with Gasteiger partial charge >= 0.3 is 11.9 Å². The van der Waals surface area contributed by atoms with E-state index in [2.05, 4.69) is 24.1 Å². The summed E-state index contributed by atoms with van der Waals surface area (Å²) in [6.07, 6.45) is 12.1. The Morgan fingerprint density at radius 2 is 1.27 bits per heavy atom. The average molecular weight is 605 g/mol. The van der Waals surface area contributed by atoms with E-state index in [1.165, 1.54) is 56.4 Å². The predicted molar refractivity (Wildman–Crippen MR) is 171 cm³/mol. The molecule has 236 valence electrons. The number of hydrogen-bond acceptors (Lipinski definition) is 7. The Morgan fingerprint density at radius 1 is 0.705 bits per heavy atom. The van der Waals surface area contributed by atoms with E-state index in [0.29, 0.717) is 18.0 Å². The summed E-state index contributed by atoms with van der Waals surface area (Å²) in [4.78, 5) is 25.0. The van der Waals surface area contributed by atoms with Gasteiger partial charge in [0, 0.05) is 0 Å². The summed E-state index contributed by atoms with van der Waals surface area (Å²) in [5.41, 5.74) is 1.49. The van der Waals surface area contributed by atoms with Crippen LogP contribution in [0.15, 0.2) is 77.0 Å². The zero-order valence-corrected chi connectivity index (χ0v) is 26.2. The Hall–Kier alpha value is -4.07. The van der Waals surface area contributed by atoms with E-state index in [9.17, 15) is 14.0 Å². The van der Waals surface area contributed by atoms with Crippen LogP contribution in [0.2, 0.25) is 0 Å². The van der Waals surface area contributed by atoms with Crippen molar-refractivity contribution in [2.75, 3.05) is 6.61 Å². The number of esters is 2. The quantitative estimate of drug-likeness (QED) is 0.0588. The molecule has 1 atom stereocenters. The number of hydrogen-bond donors (Lipinski definition) is 0. The summed E-state index contributed by atoms with van der Waals surface area (Å²) in [6, 6.07) is 17.4. The SMILES string of the molecule is CCCCCCCCOc1ccc(N=Nc2ccc(C(=O)Oc3ccc(C(=O)O[C@H](C)CCCCCC)cc3F)cc2)cc1. The minimum absolute atomic E-state index is 0.0627. The average Bonchev–Trinajstić information content (AvgIpc) is 3.03. The van der Waals surface area contributed by atoms with Crippen LogP contribution in [0.4, 0.5) is 15.8 Å². The molecule has 0 spiro atoms. The van der Waals surface area contributed by atoms with Crippen molar-refractivity contribution in [1.82, 2.24) is 0 Å². The minimum Gasteiger partial charge on any atom is -0.494 e. The summed E-state index contributed by atoms with van der Waals surface area (Å²) >= 11 is 0. The van der Waals surface area contributed by atoms with Crippen molar-refractivity contribution < 1.29 is 28.2 Å². The lowest BCUT2D eigenvalue weighted by molar-refractivity contribution is 0.0319. The standard InChI is InChI=1S/C36H45FN2O5/c1-4-6-8-10-11-13-25-42-32-22-20-31(21-23-32)39-38-30-18-15-28(16-19-30)35(40)44-34-24-17-29(26-33(34)37)36(41)43-27(3)14-12-9-7-5-2/h15-24,26-27H,4-14,25H2,1-3H3/t27-/m1/s1. The van der Waals surface area contributed by atoms with Crippen molar-refractivity contribution in [1.29, 1.82) is 0 Å². The topological polar surface area (TPSA) is 86.5 Å². The van der Waals surface area contributed by atoms with Crippen LogP contribution in [0.1, 0.15) is 112 Å². The highest BCUT2D eigenvalue weighted by molar-refractivity contribution is 5.92. The van der Waals surface area contributed by atoms with Gasteiger partial charge in [0.2, 0.25) is 0 Å². The van der Waals surface area contributed by atoms with Crippen molar-refractivity contribution in [3.63, 3.8) is 0 Å². The molecule has 3 aromatic rings. The highest BCUT2D eigenvalue weighted by Crippen LogP contribution is 2.24. The second-order valence-electron chi connectivity index (χ2n) is 11.0.